The number of nitrogens with zero attached hydrogens (tertiary/aromatic N) is 3. The summed E-state index contributed by atoms with van der Waals surface area (Å²) in [5.41, 5.74) is 5.70. The number of rotatable bonds is 3. The molecule has 0 unspecified atom stereocenters. The van der Waals surface area contributed by atoms with Crippen molar-refractivity contribution in [3.63, 3.8) is 0 Å². The quantitative estimate of drug-likeness (QED) is 0.771. The molecule has 1 amide bonds. The molecule has 2 aromatic carbocycles. The zero-order valence-corrected chi connectivity index (χ0v) is 15.6. The predicted molar refractivity (Wildman–Crippen MR) is 107 cm³/mol. The summed E-state index contributed by atoms with van der Waals surface area (Å²) in [6.45, 7) is 5.50. The average molecular weight is 358 g/mol. The van der Waals surface area contributed by atoms with Crippen molar-refractivity contribution in [2.75, 3.05) is 16.8 Å². The van der Waals surface area contributed by atoms with Crippen LogP contribution in [0.3, 0.4) is 0 Å². The van der Waals surface area contributed by atoms with Crippen LogP contribution in [0, 0.1) is 13.8 Å². The number of amides is 1. The fourth-order valence-electron chi connectivity index (χ4n) is 3.40. The predicted octanol–water partition coefficient (Wildman–Crippen LogP) is 3.91. The van der Waals surface area contributed by atoms with Gasteiger partial charge in [0.25, 0.3) is 5.91 Å². The lowest BCUT2D eigenvalue weighted by atomic mass is 10.0. The monoisotopic (exact) mass is 358 g/mol. The van der Waals surface area contributed by atoms with Crippen LogP contribution < -0.4 is 10.2 Å². The second-order valence-electron chi connectivity index (χ2n) is 6.96. The largest absolute Gasteiger partial charge is 0.336 e. The number of aromatic nitrogens is 2. The van der Waals surface area contributed by atoms with Crippen LogP contribution in [-0.4, -0.2) is 22.4 Å². The van der Waals surface area contributed by atoms with Gasteiger partial charge in [-0.15, -0.1) is 0 Å². The summed E-state index contributed by atoms with van der Waals surface area (Å²) in [6, 6.07) is 17.9. The molecule has 0 fully saturated rings. The van der Waals surface area contributed by atoms with Gasteiger partial charge < -0.3 is 10.2 Å². The van der Waals surface area contributed by atoms with Crippen molar-refractivity contribution in [2.24, 2.45) is 0 Å². The Labute approximate surface area is 159 Å². The van der Waals surface area contributed by atoms with E-state index in [1.807, 2.05) is 38.1 Å². The Hall–Kier alpha value is -3.21. The van der Waals surface area contributed by atoms with Gasteiger partial charge in [-0.3, -0.25) is 4.79 Å². The summed E-state index contributed by atoms with van der Waals surface area (Å²) in [5, 5.41) is 2.92. The number of hydrogen-bond acceptors (Lipinski definition) is 4. The molecular formula is C22H22N4O. The Morgan fingerprint density at radius 3 is 2.63 bits per heavy atom. The van der Waals surface area contributed by atoms with Gasteiger partial charge in [-0.2, -0.15) is 0 Å². The molecule has 2 heterocycles. The van der Waals surface area contributed by atoms with E-state index < -0.39 is 0 Å². The smallest absolute Gasteiger partial charge is 0.274 e. The molecule has 5 heteroatoms. The number of carbonyl (C=O) groups is 1. The van der Waals surface area contributed by atoms with Crippen molar-refractivity contribution < 1.29 is 4.79 Å². The van der Waals surface area contributed by atoms with Crippen LogP contribution in [0.5, 0.6) is 0 Å². The maximum absolute atomic E-state index is 12.7. The third kappa shape index (κ3) is 3.82. The molecule has 27 heavy (non-hydrogen) atoms. The summed E-state index contributed by atoms with van der Waals surface area (Å²) >= 11 is 0. The fourth-order valence-corrected chi connectivity index (χ4v) is 3.40. The number of benzene rings is 2. The van der Waals surface area contributed by atoms with E-state index in [1.165, 1.54) is 11.1 Å². The van der Waals surface area contributed by atoms with E-state index in [1.54, 1.807) is 6.07 Å². The topological polar surface area (TPSA) is 58.1 Å². The molecule has 136 valence electrons. The first-order valence-corrected chi connectivity index (χ1v) is 9.14. The number of hydrogen-bond donors (Lipinski definition) is 1. The zero-order valence-electron chi connectivity index (χ0n) is 15.6. The van der Waals surface area contributed by atoms with Gasteiger partial charge >= 0.3 is 0 Å². The molecule has 0 radical (unpaired) electrons. The summed E-state index contributed by atoms with van der Waals surface area (Å²) < 4.78 is 0. The van der Waals surface area contributed by atoms with E-state index in [2.05, 4.69) is 44.5 Å². The zero-order chi connectivity index (χ0) is 18.8. The molecular weight excluding hydrogens is 336 g/mol. The highest BCUT2D eigenvalue weighted by Gasteiger charge is 2.20. The van der Waals surface area contributed by atoms with Crippen molar-refractivity contribution in [3.8, 4) is 0 Å². The average Bonchev–Trinajstić information content (AvgIpc) is 2.67. The molecule has 1 aromatic heterocycles. The highest BCUT2D eigenvalue weighted by atomic mass is 16.1. The lowest BCUT2D eigenvalue weighted by Gasteiger charge is -2.29. The first kappa shape index (κ1) is 17.2. The third-order valence-corrected chi connectivity index (χ3v) is 4.76. The first-order chi connectivity index (χ1) is 13.1. The molecule has 1 N–H and O–H groups in total. The molecule has 1 aliphatic heterocycles. The van der Waals surface area contributed by atoms with Gasteiger partial charge in [0, 0.05) is 24.5 Å². The van der Waals surface area contributed by atoms with E-state index in [9.17, 15) is 4.79 Å². The van der Waals surface area contributed by atoms with Crippen molar-refractivity contribution in [1.29, 1.82) is 0 Å². The Kier molecular flexibility index (Phi) is 4.59. The lowest BCUT2D eigenvalue weighted by Crippen LogP contribution is -2.32. The van der Waals surface area contributed by atoms with Crippen LogP contribution in [0.1, 0.15) is 32.9 Å². The maximum Gasteiger partial charge on any atom is 0.274 e. The van der Waals surface area contributed by atoms with Gasteiger partial charge in [-0.25, -0.2) is 9.97 Å². The van der Waals surface area contributed by atoms with Crippen molar-refractivity contribution in [2.45, 2.75) is 26.8 Å². The highest BCUT2D eigenvalue weighted by molar-refractivity contribution is 6.03. The van der Waals surface area contributed by atoms with E-state index in [0.29, 0.717) is 11.6 Å². The number of carbonyl (C=O) groups excluding carboxylic acids is 1. The highest BCUT2D eigenvalue weighted by Crippen LogP contribution is 2.22. The normalized spacial score (nSPS) is 13.2. The van der Waals surface area contributed by atoms with Gasteiger partial charge in [0.15, 0.2) is 0 Å². The molecule has 3 aromatic rings. The van der Waals surface area contributed by atoms with Crippen molar-refractivity contribution in [1.82, 2.24) is 9.97 Å². The van der Waals surface area contributed by atoms with Crippen LogP contribution >= 0.6 is 0 Å². The SMILES string of the molecule is Cc1cccc(NC(=O)c2cc(C)nc(N3CCc4ccccc4C3)n2)c1. The number of aryl methyl sites for hydroxylation is 2. The minimum atomic E-state index is -0.218. The Morgan fingerprint density at radius 2 is 1.81 bits per heavy atom. The van der Waals surface area contributed by atoms with Crippen LogP contribution in [0.4, 0.5) is 11.6 Å². The summed E-state index contributed by atoms with van der Waals surface area (Å²) in [7, 11) is 0. The molecule has 0 saturated heterocycles. The Balaban J connectivity index is 1.57. The van der Waals surface area contributed by atoms with Crippen LogP contribution in [0.25, 0.3) is 0 Å². The lowest BCUT2D eigenvalue weighted by molar-refractivity contribution is 0.102. The Morgan fingerprint density at radius 1 is 1.00 bits per heavy atom. The minimum Gasteiger partial charge on any atom is -0.336 e. The van der Waals surface area contributed by atoms with E-state index in [4.69, 9.17) is 0 Å². The number of fused-ring (bicyclic) bond motifs is 1. The van der Waals surface area contributed by atoms with Crippen LogP contribution in [-0.2, 0) is 13.0 Å². The van der Waals surface area contributed by atoms with E-state index in [0.717, 1.165) is 36.5 Å². The fraction of sp³-hybridized carbons (Fsp3) is 0.227. The van der Waals surface area contributed by atoms with Crippen molar-refractivity contribution >= 4 is 17.5 Å². The Bertz CT molecular complexity index is 999. The summed E-state index contributed by atoms with van der Waals surface area (Å²) in [6.07, 6.45) is 0.957. The first-order valence-electron chi connectivity index (χ1n) is 9.14. The maximum atomic E-state index is 12.7. The van der Waals surface area contributed by atoms with Gasteiger partial charge in [0.2, 0.25) is 5.95 Å². The number of nitrogens with one attached hydrogen (secondary N) is 1. The molecule has 5 nitrogen and oxygen atoms in total. The molecule has 0 atom stereocenters. The minimum absolute atomic E-state index is 0.218. The molecule has 4 rings (SSSR count). The van der Waals surface area contributed by atoms with Gasteiger partial charge in [0.05, 0.1) is 0 Å². The second kappa shape index (κ2) is 7.19. The van der Waals surface area contributed by atoms with Crippen LogP contribution in [0.15, 0.2) is 54.6 Å². The van der Waals surface area contributed by atoms with E-state index in [-0.39, 0.29) is 5.91 Å². The summed E-state index contributed by atoms with van der Waals surface area (Å²) in [5.74, 6) is 0.392. The molecule has 0 bridgehead atoms. The van der Waals surface area contributed by atoms with E-state index >= 15 is 0 Å². The van der Waals surface area contributed by atoms with Crippen LogP contribution in [0.2, 0.25) is 0 Å². The van der Waals surface area contributed by atoms with Gasteiger partial charge in [-0.1, -0.05) is 36.4 Å². The summed E-state index contributed by atoms with van der Waals surface area (Å²) in [4.78, 5) is 23.9. The van der Waals surface area contributed by atoms with Crippen molar-refractivity contribution in [3.05, 3.63) is 82.7 Å². The third-order valence-electron chi connectivity index (χ3n) is 4.76. The molecule has 1 aliphatic rings. The molecule has 0 spiro atoms. The standard InChI is InChI=1S/C22H22N4O/c1-15-6-5-9-19(12-15)24-21(27)20-13-16(2)23-22(25-20)26-11-10-17-7-3-4-8-18(17)14-26/h3-9,12-13H,10-11,14H2,1-2H3,(H,24,27). The second-order valence-corrected chi connectivity index (χ2v) is 6.96. The van der Waals surface area contributed by atoms with Gasteiger partial charge in [-0.05, 0) is 55.2 Å². The van der Waals surface area contributed by atoms with Gasteiger partial charge in [0.1, 0.15) is 5.69 Å². The molecule has 0 aliphatic carbocycles. The molecule has 0 saturated carbocycles. The number of anilines is 2.